The number of carbonyl (C=O) groups excluding carboxylic acids is 4. The van der Waals surface area contributed by atoms with Crippen molar-refractivity contribution in [2.45, 2.75) is 13.1 Å². The van der Waals surface area contributed by atoms with E-state index in [1.807, 2.05) is 60.7 Å². The van der Waals surface area contributed by atoms with E-state index >= 15 is 0 Å². The molecule has 298 valence electrons. The van der Waals surface area contributed by atoms with Gasteiger partial charge in [0, 0.05) is 42.5 Å². The molecule has 8 aromatic rings. The first-order valence-electron chi connectivity index (χ1n) is 18.5. The maximum absolute atomic E-state index is 13.1. The number of fused-ring (bicyclic) bond motifs is 2. The Morgan fingerprint density at radius 2 is 1.08 bits per heavy atom. The van der Waals surface area contributed by atoms with Gasteiger partial charge in [-0.05, 0) is 69.1 Å². The van der Waals surface area contributed by atoms with Gasteiger partial charge in [-0.25, -0.2) is 24.1 Å². The Kier molecular flexibility index (Phi) is 12.4. The van der Waals surface area contributed by atoms with Crippen molar-refractivity contribution in [2.24, 2.45) is 0 Å². The standard InChI is InChI=1S/C23H20N6O2.C21H17N5O3/c1-2-11-25-23(31)21-20(8-5-12-24-21)27-22(30)19-10-9-16(15-29-14-13-26-28-29)17-6-3-4-7-18(17)19;1-29-21(28)19-18(7-4-10-22-19)24-20(27)17-9-8-14(13-26-12-11-23-25-26)15-5-2-3-6-16(15)17/h2-10,12-14H,1,11,15H2,(H,25,31)(H,27,30);2-12H,13H2,1H3,(H,24,27). The second kappa shape index (κ2) is 18.7. The molecule has 8 rings (SSSR count). The Balaban J connectivity index is 0.000000182. The van der Waals surface area contributed by atoms with E-state index < -0.39 is 5.97 Å². The van der Waals surface area contributed by atoms with Crippen molar-refractivity contribution in [2.75, 3.05) is 24.3 Å². The number of pyridine rings is 2. The first-order chi connectivity index (χ1) is 29.3. The van der Waals surface area contributed by atoms with Crippen molar-refractivity contribution in [1.29, 1.82) is 0 Å². The number of ether oxygens (including phenoxy) is 1. The number of methoxy groups -OCH3 is 1. The molecule has 0 saturated carbocycles. The van der Waals surface area contributed by atoms with Crippen LogP contribution in [-0.4, -0.2) is 77.3 Å². The lowest BCUT2D eigenvalue weighted by atomic mass is 9.99. The molecule has 60 heavy (non-hydrogen) atoms. The third-order valence-corrected chi connectivity index (χ3v) is 9.24. The van der Waals surface area contributed by atoms with Crippen LogP contribution in [0.5, 0.6) is 0 Å². The Morgan fingerprint density at radius 3 is 1.55 bits per heavy atom. The van der Waals surface area contributed by atoms with Gasteiger partial charge in [-0.1, -0.05) is 77.2 Å². The number of nitrogens with one attached hydrogen (secondary N) is 3. The maximum atomic E-state index is 13.1. The van der Waals surface area contributed by atoms with E-state index in [0.717, 1.165) is 32.7 Å². The number of hydrogen-bond donors (Lipinski definition) is 3. The van der Waals surface area contributed by atoms with E-state index in [2.05, 4.69) is 53.1 Å². The molecule has 16 heteroatoms. The summed E-state index contributed by atoms with van der Waals surface area (Å²) in [5, 5.41) is 27.4. The number of hydrogen-bond acceptors (Lipinski definition) is 11. The van der Waals surface area contributed by atoms with Crippen molar-refractivity contribution in [3.05, 3.63) is 181 Å². The minimum Gasteiger partial charge on any atom is -0.464 e. The molecule has 0 aliphatic rings. The van der Waals surface area contributed by atoms with E-state index in [1.54, 1.807) is 76.6 Å². The molecule has 0 bridgehead atoms. The zero-order chi connectivity index (χ0) is 41.8. The predicted octanol–water partition coefficient (Wildman–Crippen LogP) is 5.96. The molecular formula is C44H37N11O5. The van der Waals surface area contributed by atoms with Crippen LogP contribution < -0.4 is 16.0 Å². The molecule has 0 fully saturated rings. The molecule has 0 spiro atoms. The van der Waals surface area contributed by atoms with Crippen molar-refractivity contribution >= 4 is 56.6 Å². The van der Waals surface area contributed by atoms with Crippen LogP contribution in [0.4, 0.5) is 11.4 Å². The summed E-state index contributed by atoms with van der Waals surface area (Å²) in [7, 11) is 1.27. The summed E-state index contributed by atoms with van der Waals surface area (Å²) >= 11 is 0. The van der Waals surface area contributed by atoms with E-state index in [-0.39, 0.29) is 29.1 Å². The van der Waals surface area contributed by atoms with Gasteiger partial charge in [-0.2, -0.15) is 0 Å². The summed E-state index contributed by atoms with van der Waals surface area (Å²) < 4.78 is 8.18. The number of esters is 1. The van der Waals surface area contributed by atoms with Gasteiger partial charge in [0.05, 0.1) is 44.0 Å². The Hall–Kier alpha value is -8.40. The molecular weight excluding hydrogens is 763 g/mol. The van der Waals surface area contributed by atoms with E-state index in [4.69, 9.17) is 4.74 Å². The minimum absolute atomic E-state index is 0.0513. The van der Waals surface area contributed by atoms with Gasteiger partial charge in [-0.15, -0.1) is 16.8 Å². The average molecular weight is 800 g/mol. The fraction of sp³-hybridized carbons (Fsp3) is 0.0909. The zero-order valence-electron chi connectivity index (χ0n) is 32.2. The fourth-order valence-electron chi connectivity index (χ4n) is 6.46. The molecule has 16 nitrogen and oxygen atoms in total. The van der Waals surface area contributed by atoms with Crippen LogP contribution in [0.3, 0.4) is 0 Å². The number of aromatic nitrogens is 8. The van der Waals surface area contributed by atoms with E-state index in [9.17, 15) is 19.2 Å². The average Bonchev–Trinajstić information content (AvgIpc) is 4.01. The van der Waals surface area contributed by atoms with Crippen molar-refractivity contribution < 1.29 is 23.9 Å². The molecule has 3 amide bonds. The number of benzene rings is 4. The van der Waals surface area contributed by atoms with Crippen molar-refractivity contribution in [3.8, 4) is 0 Å². The Morgan fingerprint density at radius 1 is 0.600 bits per heavy atom. The second-order valence-corrected chi connectivity index (χ2v) is 13.0. The van der Waals surface area contributed by atoms with Gasteiger partial charge in [0.15, 0.2) is 11.4 Å². The van der Waals surface area contributed by atoms with Crippen molar-refractivity contribution in [1.82, 2.24) is 45.3 Å². The van der Waals surface area contributed by atoms with Gasteiger partial charge in [-0.3, -0.25) is 14.4 Å². The summed E-state index contributed by atoms with van der Waals surface area (Å²) in [5.41, 5.74) is 3.84. The largest absolute Gasteiger partial charge is 0.464 e. The zero-order valence-corrected chi connectivity index (χ0v) is 32.2. The third-order valence-electron chi connectivity index (χ3n) is 9.24. The normalized spacial score (nSPS) is 10.6. The summed E-state index contributed by atoms with van der Waals surface area (Å²) in [6.07, 6.45) is 11.4. The third kappa shape index (κ3) is 9.08. The second-order valence-electron chi connectivity index (χ2n) is 13.0. The molecule has 0 radical (unpaired) electrons. The van der Waals surface area contributed by atoms with Crippen LogP contribution >= 0.6 is 0 Å². The summed E-state index contributed by atoms with van der Waals surface area (Å²) in [6, 6.07) is 29.2. The first kappa shape index (κ1) is 39.8. The number of anilines is 2. The number of amides is 3. The fourth-order valence-corrected chi connectivity index (χ4v) is 6.46. The van der Waals surface area contributed by atoms with E-state index in [1.165, 1.54) is 19.5 Å². The summed E-state index contributed by atoms with van der Waals surface area (Å²) in [5.74, 6) is -1.67. The molecule has 0 aliphatic heterocycles. The first-order valence-corrected chi connectivity index (χ1v) is 18.5. The smallest absolute Gasteiger partial charge is 0.358 e. The van der Waals surface area contributed by atoms with Gasteiger partial charge in [0.2, 0.25) is 0 Å². The van der Waals surface area contributed by atoms with Gasteiger partial charge in [0.25, 0.3) is 17.7 Å². The van der Waals surface area contributed by atoms with Crippen molar-refractivity contribution in [3.63, 3.8) is 0 Å². The van der Waals surface area contributed by atoms with Gasteiger partial charge in [0.1, 0.15) is 0 Å². The highest BCUT2D eigenvalue weighted by Crippen LogP contribution is 2.27. The number of rotatable bonds is 12. The lowest BCUT2D eigenvalue weighted by molar-refractivity contribution is 0.0595. The van der Waals surface area contributed by atoms with Crippen LogP contribution in [-0.2, 0) is 17.8 Å². The molecule has 4 aromatic heterocycles. The van der Waals surface area contributed by atoms with Crippen LogP contribution in [0, 0.1) is 0 Å². The maximum Gasteiger partial charge on any atom is 0.358 e. The summed E-state index contributed by atoms with van der Waals surface area (Å²) in [4.78, 5) is 58.5. The van der Waals surface area contributed by atoms with Gasteiger partial charge < -0.3 is 20.7 Å². The minimum atomic E-state index is -0.617. The summed E-state index contributed by atoms with van der Waals surface area (Å²) in [6.45, 7) is 4.97. The van der Waals surface area contributed by atoms with Crippen LogP contribution in [0.15, 0.2) is 147 Å². The molecule has 3 N–H and O–H groups in total. The molecule has 0 aliphatic carbocycles. The van der Waals surface area contributed by atoms with Crippen LogP contribution in [0.2, 0.25) is 0 Å². The highest BCUT2D eigenvalue weighted by atomic mass is 16.5. The Bertz CT molecular complexity index is 2820. The molecule has 4 heterocycles. The lowest BCUT2D eigenvalue weighted by Gasteiger charge is -2.13. The quantitative estimate of drug-likeness (QED) is 0.0974. The van der Waals surface area contributed by atoms with Crippen LogP contribution in [0.1, 0.15) is 52.8 Å². The lowest BCUT2D eigenvalue weighted by Crippen LogP contribution is -2.26. The monoisotopic (exact) mass is 799 g/mol. The van der Waals surface area contributed by atoms with Crippen LogP contribution in [0.25, 0.3) is 21.5 Å². The predicted molar refractivity (Wildman–Crippen MR) is 224 cm³/mol. The number of nitrogens with zero attached hydrogens (tertiary/aromatic N) is 8. The Labute approximate surface area is 342 Å². The van der Waals surface area contributed by atoms with Gasteiger partial charge >= 0.3 is 5.97 Å². The highest BCUT2D eigenvalue weighted by Gasteiger charge is 2.20. The number of carbonyl (C=O) groups is 4. The molecule has 0 unspecified atom stereocenters. The molecule has 4 aromatic carbocycles. The van der Waals surface area contributed by atoms with E-state index in [0.29, 0.717) is 42.1 Å². The molecule has 0 saturated heterocycles. The highest BCUT2D eigenvalue weighted by molar-refractivity contribution is 6.16. The topological polar surface area (TPSA) is 201 Å². The SMILES string of the molecule is C=CCNC(=O)c1ncccc1NC(=O)c1ccc(Cn2ccnn2)c2ccccc12.COC(=O)c1ncccc1NC(=O)c1ccc(Cn2ccnn2)c2ccccc12. The molecule has 0 atom stereocenters.